The normalized spacial score (nSPS) is 12.2. The molecule has 0 aliphatic carbocycles. The number of hydrogen-bond acceptors (Lipinski definition) is 5. The highest BCUT2D eigenvalue weighted by atomic mass is 35.5. The Balaban J connectivity index is 2.97. The van der Waals surface area contributed by atoms with Crippen molar-refractivity contribution >= 4 is 23.5 Å². The molecular formula is C12H19ClN4O2. The second kappa shape index (κ2) is 5.30. The SMILES string of the molecule is COc1cc(Cl)nc(NC(=O)C(C)(C)C(C)(C)N)n1. The van der Waals surface area contributed by atoms with E-state index in [1.165, 1.54) is 13.2 Å². The molecule has 1 heterocycles. The summed E-state index contributed by atoms with van der Waals surface area (Å²) in [4.78, 5) is 20.2. The number of aromatic nitrogens is 2. The molecule has 0 radical (unpaired) electrons. The number of halogens is 1. The predicted octanol–water partition coefficient (Wildman–Crippen LogP) is 1.84. The molecule has 7 heteroatoms. The van der Waals surface area contributed by atoms with Gasteiger partial charge in [0, 0.05) is 11.6 Å². The summed E-state index contributed by atoms with van der Waals surface area (Å²) in [6.45, 7) is 7.08. The average Bonchev–Trinajstić information content (AvgIpc) is 2.26. The van der Waals surface area contributed by atoms with Crippen LogP contribution in [0.25, 0.3) is 0 Å². The van der Waals surface area contributed by atoms with Gasteiger partial charge in [-0.15, -0.1) is 0 Å². The van der Waals surface area contributed by atoms with E-state index in [1.807, 2.05) is 0 Å². The van der Waals surface area contributed by atoms with Crippen molar-refractivity contribution in [3.63, 3.8) is 0 Å². The van der Waals surface area contributed by atoms with Gasteiger partial charge in [-0.3, -0.25) is 10.1 Å². The maximum atomic E-state index is 12.2. The van der Waals surface area contributed by atoms with Crippen molar-refractivity contribution in [2.24, 2.45) is 11.1 Å². The van der Waals surface area contributed by atoms with Crippen LogP contribution in [-0.4, -0.2) is 28.5 Å². The monoisotopic (exact) mass is 286 g/mol. The summed E-state index contributed by atoms with van der Waals surface area (Å²) in [6.07, 6.45) is 0. The number of rotatable bonds is 4. The van der Waals surface area contributed by atoms with Crippen molar-refractivity contribution in [3.8, 4) is 5.88 Å². The summed E-state index contributed by atoms with van der Waals surface area (Å²) in [5.41, 5.74) is 4.51. The number of hydrogen-bond donors (Lipinski definition) is 2. The molecule has 19 heavy (non-hydrogen) atoms. The van der Waals surface area contributed by atoms with E-state index in [0.717, 1.165) is 0 Å². The molecule has 0 atom stereocenters. The van der Waals surface area contributed by atoms with Crippen molar-refractivity contribution in [3.05, 3.63) is 11.2 Å². The van der Waals surface area contributed by atoms with Crippen LogP contribution in [0.4, 0.5) is 5.95 Å². The van der Waals surface area contributed by atoms with Crippen LogP contribution in [0.2, 0.25) is 5.15 Å². The number of nitrogens with zero attached hydrogens (tertiary/aromatic N) is 2. The van der Waals surface area contributed by atoms with Gasteiger partial charge in [-0.25, -0.2) is 4.98 Å². The Morgan fingerprint density at radius 1 is 1.37 bits per heavy atom. The first-order valence-electron chi connectivity index (χ1n) is 5.77. The highest BCUT2D eigenvalue weighted by Gasteiger charge is 2.40. The van der Waals surface area contributed by atoms with E-state index in [-0.39, 0.29) is 22.9 Å². The van der Waals surface area contributed by atoms with Crippen LogP contribution in [0, 0.1) is 5.41 Å². The van der Waals surface area contributed by atoms with Gasteiger partial charge in [0.25, 0.3) is 0 Å². The Bertz CT molecular complexity index is 483. The first-order valence-corrected chi connectivity index (χ1v) is 6.14. The second-order valence-electron chi connectivity index (χ2n) is 5.36. The zero-order valence-electron chi connectivity index (χ0n) is 11.7. The Morgan fingerprint density at radius 3 is 2.42 bits per heavy atom. The zero-order valence-corrected chi connectivity index (χ0v) is 12.5. The van der Waals surface area contributed by atoms with Crippen LogP contribution in [0.3, 0.4) is 0 Å². The molecule has 0 bridgehead atoms. The fourth-order valence-corrected chi connectivity index (χ4v) is 1.28. The molecule has 0 aliphatic heterocycles. The minimum atomic E-state index is -0.800. The van der Waals surface area contributed by atoms with E-state index >= 15 is 0 Å². The zero-order chi connectivity index (χ0) is 14.8. The lowest BCUT2D eigenvalue weighted by atomic mass is 9.74. The standard InChI is InChI=1S/C12H19ClN4O2/c1-11(2,12(3,4)14)9(18)17-10-15-7(13)6-8(16-10)19-5/h6H,14H2,1-5H3,(H,15,16,17,18). The van der Waals surface area contributed by atoms with Gasteiger partial charge in [0.2, 0.25) is 17.7 Å². The van der Waals surface area contributed by atoms with Gasteiger partial charge in [-0.1, -0.05) is 11.6 Å². The number of methoxy groups -OCH3 is 1. The van der Waals surface area contributed by atoms with E-state index in [4.69, 9.17) is 22.1 Å². The van der Waals surface area contributed by atoms with Crippen molar-refractivity contribution in [1.82, 2.24) is 9.97 Å². The Labute approximate surface area is 117 Å². The minimum absolute atomic E-state index is 0.0895. The Morgan fingerprint density at radius 2 is 1.95 bits per heavy atom. The summed E-state index contributed by atoms with van der Waals surface area (Å²) >= 11 is 5.81. The van der Waals surface area contributed by atoms with Crippen LogP contribution in [0.5, 0.6) is 5.88 Å². The van der Waals surface area contributed by atoms with Crippen LogP contribution in [0.1, 0.15) is 27.7 Å². The predicted molar refractivity (Wildman–Crippen MR) is 74.3 cm³/mol. The van der Waals surface area contributed by atoms with E-state index in [0.29, 0.717) is 0 Å². The van der Waals surface area contributed by atoms with Crippen LogP contribution in [-0.2, 0) is 4.79 Å². The molecule has 0 aromatic carbocycles. The number of nitrogens with two attached hydrogens (primary N) is 1. The summed E-state index contributed by atoms with van der Waals surface area (Å²) in [6, 6.07) is 1.45. The van der Waals surface area contributed by atoms with Crippen molar-refractivity contribution < 1.29 is 9.53 Å². The van der Waals surface area contributed by atoms with Crippen molar-refractivity contribution in [2.45, 2.75) is 33.2 Å². The highest BCUT2D eigenvalue weighted by Crippen LogP contribution is 2.29. The molecule has 0 saturated carbocycles. The van der Waals surface area contributed by atoms with Crippen molar-refractivity contribution in [2.75, 3.05) is 12.4 Å². The maximum absolute atomic E-state index is 12.2. The number of carbonyl (C=O) groups is 1. The molecule has 1 aromatic rings. The smallest absolute Gasteiger partial charge is 0.234 e. The lowest BCUT2D eigenvalue weighted by Crippen LogP contribution is -2.53. The maximum Gasteiger partial charge on any atom is 0.234 e. The number of nitrogens with one attached hydrogen (secondary N) is 1. The first kappa shape index (κ1) is 15.7. The van der Waals surface area contributed by atoms with E-state index in [1.54, 1.807) is 27.7 Å². The van der Waals surface area contributed by atoms with Gasteiger partial charge in [0.1, 0.15) is 5.15 Å². The minimum Gasteiger partial charge on any atom is -0.481 e. The largest absolute Gasteiger partial charge is 0.481 e. The average molecular weight is 287 g/mol. The lowest BCUT2D eigenvalue weighted by Gasteiger charge is -2.36. The van der Waals surface area contributed by atoms with Gasteiger partial charge in [0.05, 0.1) is 12.5 Å². The summed E-state index contributed by atoms with van der Waals surface area (Å²) in [5.74, 6) is 0.0797. The molecule has 0 fully saturated rings. The van der Waals surface area contributed by atoms with Gasteiger partial charge in [0.15, 0.2) is 0 Å². The fourth-order valence-electron chi connectivity index (χ4n) is 1.11. The van der Waals surface area contributed by atoms with E-state index < -0.39 is 11.0 Å². The lowest BCUT2D eigenvalue weighted by molar-refractivity contribution is -0.126. The Hall–Kier alpha value is -1.40. The van der Waals surface area contributed by atoms with Gasteiger partial charge in [-0.05, 0) is 27.7 Å². The molecule has 3 N–H and O–H groups in total. The van der Waals surface area contributed by atoms with Crippen LogP contribution in [0.15, 0.2) is 6.07 Å². The van der Waals surface area contributed by atoms with Crippen LogP contribution >= 0.6 is 11.6 Å². The number of carbonyl (C=O) groups excluding carboxylic acids is 1. The molecule has 0 aliphatic rings. The third-order valence-corrected chi connectivity index (χ3v) is 3.48. The molecule has 6 nitrogen and oxygen atoms in total. The number of ether oxygens (including phenoxy) is 1. The molecule has 1 aromatic heterocycles. The summed E-state index contributed by atoms with van der Waals surface area (Å²) in [7, 11) is 1.46. The Kier molecular flexibility index (Phi) is 4.37. The molecular weight excluding hydrogens is 268 g/mol. The molecule has 106 valence electrons. The quantitative estimate of drug-likeness (QED) is 0.824. The summed E-state index contributed by atoms with van der Waals surface area (Å²) < 4.78 is 4.96. The molecule has 1 rings (SSSR count). The topological polar surface area (TPSA) is 90.1 Å². The van der Waals surface area contributed by atoms with Gasteiger partial charge in [-0.2, -0.15) is 4.98 Å². The second-order valence-corrected chi connectivity index (χ2v) is 5.74. The van der Waals surface area contributed by atoms with E-state index in [2.05, 4.69) is 15.3 Å². The van der Waals surface area contributed by atoms with Gasteiger partial charge < -0.3 is 10.5 Å². The first-order chi connectivity index (χ1) is 8.57. The molecule has 0 spiro atoms. The third kappa shape index (κ3) is 3.54. The van der Waals surface area contributed by atoms with Crippen molar-refractivity contribution in [1.29, 1.82) is 0 Å². The van der Waals surface area contributed by atoms with Crippen LogP contribution < -0.4 is 15.8 Å². The highest BCUT2D eigenvalue weighted by molar-refractivity contribution is 6.29. The van der Waals surface area contributed by atoms with Gasteiger partial charge >= 0.3 is 0 Å². The molecule has 0 saturated heterocycles. The number of anilines is 1. The fraction of sp³-hybridized carbons (Fsp3) is 0.583. The molecule has 0 unspecified atom stereocenters. The molecule has 1 amide bonds. The summed E-state index contributed by atoms with van der Waals surface area (Å²) in [5, 5.41) is 2.79. The number of amides is 1. The van der Waals surface area contributed by atoms with E-state index in [9.17, 15) is 4.79 Å². The third-order valence-electron chi connectivity index (χ3n) is 3.28.